The van der Waals surface area contributed by atoms with Crippen LogP contribution in [0.25, 0.3) is 0 Å². The monoisotopic (exact) mass is 195 g/mol. The fourth-order valence-corrected chi connectivity index (χ4v) is 2.36. The van der Waals surface area contributed by atoms with Crippen molar-refractivity contribution < 1.29 is 0 Å². The number of hydrogen-bond donors (Lipinski definition) is 1. The topological polar surface area (TPSA) is 12.0 Å². The van der Waals surface area contributed by atoms with Gasteiger partial charge in [0.2, 0.25) is 0 Å². The van der Waals surface area contributed by atoms with E-state index in [4.69, 9.17) is 0 Å². The summed E-state index contributed by atoms with van der Waals surface area (Å²) in [5.41, 5.74) is 0. The van der Waals surface area contributed by atoms with Crippen LogP contribution in [0.15, 0.2) is 12.1 Å². The van der Waals surface area contributed by atoms with Crippen LogP contribution in [0.3, 0.4) is 0 Å². The molecule has 1 aromatic heterocycles. The maximum absolute atomic E-state index is 3.51. The summed E-state index contributed by atoms with van der Waals surface area (Å²) in [5.74, 6) is 0.991. The van der Waals surface area contributed by atoms with Gasteiger partial charge in [0.15, 0.2) is 0 Å². The molecule has 0 amide bonds. The average molecular weight is 195 g/mol. The first-order valence-electron chi connectivity index (χ1n) is 5.16. The predicted molar refractivity (Wildman–Crippen MR) is 58.1 cm³/mol. The highest BCUT2D eigenvalue weighted by Crippen LogP contribution is 2.27. The van der Waals surface area contributed by atoms with Crippen LogP contribution in [0, 0.1) is 5.92 Å². The standard InChI is InChI=1S/C11H17NS/c1-2-10-5-6-11(13-10)8-12-7-9-3-4-9/h5-6,9,12H,2-4,7-8H2,1H3. The van der Waals surface area contributed by atoms with E-state index >= 15 is 0 Å². The molecule has 1 nitrogen and oxygen atoms in total. The Morgan fingerprint density at radius 2 is 2.15 bits per heavy atom. The Hall–Kier alpha value is -0.340. The van der Waals surface area contributed by atoms with Gasteiger partial charge in [-0.2, -0.15) is 0 Å². The maximum atomic E-state index is 3.51. The van der Waals surface area contributed by atoms with Crippen LogP contribution in [0.2, 0.25) is 0 Å². The van der Waals surface area contributed by atoms with Gasteiger partial charge in [-0.1, -0.05) is 6.92 Å². The number of thiophene rings is 1. The van der Waals surface area contributed by atoms with Crippen molar-refractivity contribution >= 4 is 11.3 Å². The Morgan fingerprint density at radius 1 is 1.38 bits per heavy atom. The van der Waals surface area contributed by atoms with E-state index in [1.807, 2.05) is 11.3 Å². The van der Waals surface area contributed by atoms with Gasteiger partial charge in [0, 0.05) is 16.3 Å². The smallest absolute Gasteiger partial charge is 0.0299 e. The molecule has 0 spiro atoms. The van der Waals surface area contributed by atoms with Crippen LogP contribution < -0.4 is 5.32 Å². The van der Waals surface area contributed by atoms with Gasteiger partial charge in [-0.15, -0.1) is 11.3 Å². The molecule has 0 saturated heterocycles. The lowest BCUT2D eigenvalue weighted by molar-refractivity contribution is 0.643. The molecule has 13 heavy (non-hydrogen) atoms. The SMILES string of the molecule is CCc1ccc(CNCC2CC2)s1. The van der Waals surface area contributed by atoms with Crippen LogP contribution in [-0.2, 0) is 13.0 Å². The lowest BCUT2D eigenvalue weighted by Gasteiger charge is -1.99. The molecule has 0 bridgehead atoms. The molecule has 1 aliphatic rings. The fourth-order valence-electron chi connectivity index (χ4n) is 1.43. The van der Waals surface area contributed by atoms with Crippen LogP contribution in [0.4, 0.5) is 0 Å². The van der Waals surface area contributed by atoms with Crippen LogP contribution in [-0.4, -0.2) is 6.54 Å². The number of hydrogen-bond acceptors (Lipinski definition) is 2. The second-order valence-corrected chi connectivity index (χ2v) is 5.05. The van der Waals surface area contributed by atoms with E-state index in [9.17, 15) is 0 Å². The van der Waals surface area contributed by atoms with Crippen molar-refractivity contribution in [3.63, 3.8) is 0 Å². The Labute approximate surface area is 84.2 Å². The summed E-state index contributed by atoms with van der Waals surface area (Å²) >= 11 is 1.94. The zero-order chi connectivity index (χ0) is 9.10. The van der Waals surface area contributed by atoms with Gasteiger partial charge < -0.3 is 5.32 Å². The van der Waals surface area contributed by atoms with E-state index in [1.54, 1.807) is 0 Å². The Bertz CT molecular complexity index is 263. The first-order valence-corrected chi connectivity index (χ1v) is 5.98. The number of aryl methyl sites for hydroxylation is 1. The Balaban J connectivity index is 1.72. The summed E-state index contributed by atoms with van der Waals surface area (Å²) in [6.07, 6.45) is 4.06. The summed E-state index contributed by atoms with van der Waals surface area (Å²) in [4.78, 5) is 2.99. The summed E-state index contributed by atoms with van der Waals surface area (Å²) in [5, 5.41) is 3.51. The van der Waals surface area contributed by atoms with Crippen molar-refractivity contribution in [2.45, 2.75) is 32.7 Å². The zero-order valence-electron chi connectivity index (χ0n) is 8.18. The third kappa shape index (κ3) is 2.82. The predicted octanol–water partition coefficient (Wildman–Crippen LogP) is 2.81. The molecule has 2 rings (SSSR count). The van der Waals surface area contributed by atoms with Crippen molar-refractivity contribution in [1.82, 2.24) is 5.32 Å². The third-order valence-corrected chi connectivity index (χ3v) is 3.72. The van der Waals surface area contributed by atoms with E-state index in [-0.39, 0.29) is 0 Å². The van der Waals surface area contributed by atoms with E-state index < -0.39 is 0 Å². The summed E-state index contributed by atoms with van der Waals surface area (Å²) in [7, 11) is 0. The van der Waals surface area contributed by atoms with Gasteiger partial charge in [-0.25, -0.2) is 0 Å². The molecule has 1 fully saturated rings. The van der Waals surface area contributed by atoms with E-state index in [0.29, 0.717) is 0 Å². The fraction of sp³-hybridized carbons (Fsp3) is 0.636. The van der Waals surface area contributed by atoms with Crippen molar-refractivity contribution in [2.24, 2.45) is 5.92 Å². The molecule has 0 aromatic carbocycles. The van der Waals surface area contributed by atoms with Crippen LogP contribution >= 0.6 is 11.3 Å². The first-order chi connectivity index (χ1) is 6.38. The minimum atomic E-state index is 0.991. The molecule has 2 heteroatoms. The van der Waals surface area contributed by atoms with Gasteiger partial charge in [0.1, 0.15) is 0 Å². The molecule has 1 aromatic rings. The Morgan fingerprint density at radius 3 is 2.77 bits per heavy atom. The van der Waals surface area contributed by atoms with Crippen molar-refractivity contribution in [2.75, 3.05) is 6.54 Å². The molecule has 0 radical (unpaired) electrons. The zero-order valence-corrected chi connectivity index (χ0v) is 8.99. The number of rotatable bonds is 5. The summed E-state index contributed by atoms with van der Waals surface area (Å²) < 4.78 is 0. The van der Waals surface area contributed by atoms with Crippen molar-refractivity contribution in [1.29, 1.82) is 0 Å². The van der Waals surface area contributed by atoms with E-state index in [0.717, 1.165) is 12.5 Å². The normalized spacial score (nSPS) is 16.4. The highest BCUT2D eigenvalue weighted by Gasteiger charge is 2.20. The van der Waals surface area contributed by atoms with Crippen molar-refractivity contribution in [3.8, 4) is 0 Å². The molecule has 0 unspecified atom stereocenters. The largest absolute Gasteiger partial charge is 0.312 e. The molecule has 0 atom stereocenters. The second-order valence-electron chi connectivity index (χ2n) is 3.80. The van der Waals surface area contributed by atoms with E-state index in [1.165, 1.54) is 35.6 Å². The lowest BCUT2D eigenvalue weighted by Crippen LogP contribution is -2.15. The van der Waals surface area contributed by atoms with Gasteiger partial charge in [-0.3, -0.25) is 0 Å². The average Bonchev–Trinajstić information content (AvgIpc) is 2.84. The molecular weight excluding hydrogens is 178 g/mol. The molecular formula is C11H17NS. The van der Waals surface area contributed by atoms with Crippen LogP contribution in [0.5, 0.6) is 0 Å². The number of nitrogens with one attached hydrogen (secondary N) is 1. The quantitative estimate of drug-likeness (QED) is 0.762. The first kappa shape index (κ1) is 9.22. The van der Waals surface area contributed by atoms with Crippen LogP contribution in [0.1, 0.15) is 29.5 Å². The highest BCUT2D eigenvalue weighted by atomic mass is 32.1. The molecule has 1 N–H and O–H groups in total. The van der Waals surface area contributed by atoms with Gasteiger partial charge in [0.05, 0.1) is 0 Å². The Kier molecular flexibility index (Phi) is 3.01. The molecule has 1 saturated carbocycles. The summed E-state index contributed by atoms with van der Waals surface area (Å²) in [6.45, 7) is 4.51. The third-order valence-electron chi connectivity index (χ3n) is 2.49. The lowest BCUT2D eigenvalue weighted by atomic mass is 10.3. The van der Waals surface area contributed by atoms with Gasteiger partial charge in [0.25, 0.3) is 0 Å². The molecule has 1 aliphatic carbocycles. The van der Waals surface area contributed by atoms with Crippen molar-refractivity contribution in [3.05, 3.63) is 21.9 Å². The van der Waals surface area contributed by atoms with E-state index in [2.05, 4.69) is 24.4 Å². The molecule has 72 valence electrons. The van der Waals surface area contributed by atoms with Gasteiger partial charge in [-0.05, 0) is 43.9 Å². The minimum absolute atomic E-state index is 0.991. The minimum Gasteiger partial charge on any atom is -0.312 e. The molecule has 1 heterocycles. The molecule has 0 aliphatic heterocycles. The van der Waals surface area contributed by atoms with Gasteiger partial charge >= 0.3 is 0 Å². The summed E-state index contributed by atoms with van der Waals surface area (Å²) in [6, 6.07) is 4.50. The highest BCUT2D eigenvalue weighted by molar-refractivity contribution is 7.11. The second kappa shape index (κ2) is 4.25. The maximum Gasteiger partial charge on any atom is 0.0299 e.